The summed E-state index contributed by atoms with van der Waals surface area (Å²) in [6.07, 6.45) is 0. The van der Waals surface area contributed by atoms with Gasteiger partial charge >= 0.3 is 0 Å². The third kappa shape index (κ3) is 2.66. The minimum atomic E-state index is -0.825. The first-order valence-electron chi connectivity index (χ1n) is 4.21. The van der Waals surface area contributed by atoms with Gasteiger partial charge in [0.25, 0.3) is 0 Å². The molecule has 2 nitrogen and oxygen atoms in total. The Bertz CT molecular complexity index is 332. The fraction of sp³-hybridized carbons (Fsp3) is 0.400. The van der Waals surface area contributed by atoms with Crippen molar-refractivity contribution in [2.24, 2.45) is 0 Å². The van der Waals surface area contributed by atoms with Crippen molar-refractivity contribution in [1.82, 2.24) is 0 Å². The molecule has 0 unspecified atom stereocenters. The van der Waals surface area contributed by atoms with Gasteiger partial charge in [-0.15, -0.1) is 0 Å². The van der Waals surface area contributed by atoms with Gasteiger partial charge < -0.3 is 9.47 Å². The van der Waals surface area contributed by atoms with Crippen LogP contribution in [0.3, 0.4) is 0 Å². The van der Waals surface area contributed by atoms with Gasteiger partial charge in [-0.25, -0.2) is 0 Å². The van der Waals surface area contributed by atoms with Crippen LogP contribution in [-0.2, 0) is 15.3 Å². The SMILES string of the molecule is COC(CBr)(OC)c1ccc(Cl)c(Cl)c1. The van der Waals surface area contributed by atoms with Gasteiger partial charge in [0.05, 0.1) is 15.4 Å². The number of hydrogen-bond acceptors (Lipinski definition) is 2. The lowest BCUT2D eigenvalue weighted by Crippen LogP contribution is -2.32. The molecular weight excluding hydrogens is 303 g/mol. The smallest absolute Gasteiger partial charge is 0.204 e. The van der Waals surface area contributed by atoms with E-state index in [1.165, 1.54) is 0 Å². The van der Waals surface area contributed by atoms with Gasteiger partial charge in [-0.1, -0.05) is 45.2 Å². The molecule has 0 aliphatic carbocycles. The fourth-order valence-corrected chi connectivity index (χ4v) is 2.32. The van der Waals surface area contributed by atoms with Crippen molar-refractivity contribution in [3.8, 4) is 0 Å². The summed E-state index contributed by atoms with van der Waals surface area (Å²) in [6, 6.07) is 5.27. The standard InChI is InChI=1S/C10H11BrCl2O2/c1-14-10(6-11,15-2)7-3-4-8(12)9(13)5-7/h3-5H,6H2,1-2H3. The van der Waals surface area contributed by atoms with Crippen LogP contribution in [0.25, 0.3) is 0 Å². The summed E-state index contributed by atoms with van der Waals surface area (Å²) in [5.74, 6) is -0.825. The van der Waals surface area contributed by atoms with Crippen molar-refractivity contribution in [3.05, 3.63) is 33.8 Å². The normalized spacial score (nSPS) is 11.8. The van der Waals surface area contributed by atoms with Crippen molar-refractivity contribution in [1.29, 1.82) is 0 Å². The Morgan fingerprint density at radius 2 is 1.80 bits per heavy atom. The lowest BCUT2D eigenvalue weighted by atomic mass is 10.1. The van der Waals surface area contributed by atoms with E-state index in [0.29, 0.717) is 15.4 Å². The Kier molecular flexibility index (Phi) is 4.87. The molecule has 1 aromatic carbocycles. The van der Waals surface area contributed by atoms with Crippen LogP contribution in [0.15, 0.2) is 18.2 Å². The van der Waals surface area contributed by atoms with Gasteiger partial charge in [0.1, 0.15) is 0 Å². The molecule has 0 N–H and O–H groups in total. The number of hydrogen-bond donors (Lipinski definition) is 0. The maximum atomic E-state index is 5.93. The zero-order chi connectivity index (χ0) is 11.5. The van der Waals surface area contributed by atoms with Crippen LogP contribution < -0.4 is 0 Å². The molecule has 0 saturated carbocycles. The Labute approximate surface area is 108 Å². The van der Waals surface area contributed by atoms with E-state index in [1.54, 1.807) is 26.4 Å². The van der Waals surface area contributed by atoms with Crippen LogP contribution >= 0.6 is 39.1 Å². The van der Waals surface area contributed by atoms with Crippen LogP contribution in [0.1, 0.15) is 5.56 Å². The van der Waals surface area contributed by atoms with Crippen LogP contribution in [0.2, 0.25) is 10.0 Å². The van der Waals surface area contributed by atoms with Crippen molar-refractivity contribution < 1.29 is 9.47 Å². The zero-order valence-electron chi connectivity index (χ0n) is 8.39. The molecule has 84 valence electrons. The Balaban J connectivity index is 3.17. The van der Waals surface area contributed by atoms with Gasteiger partial charge in [0.2, 0.25) is 5.79 Å². The second kappa shape index (κ2) is 5.51. The molecule has 1 aromatic rings. The predicted octanol–water partition coefficient (Wildman–Crippen LogP) is 3.83. The predicted molar refractivity (Wildman–Crippen MR) is 66.0 cm³/mol. The molecule has 0 saturated heterocycles. The van der Waals surface area contributed by atoms with Crippen LogP contribution in [0.5, 0.6) is 0 Å². The molecule has 0 amide bonds. The van der Waals surface area contributed by atoms with E-state index in [9.17, 15) is 0 Å². The highest BCUT2D eigenvalue weighted by atomic mass is 79.9. The third-order valence-corrected chi connectivity index (χ3v) is 3.67. The molecule has 0 radical (unpaired) electrons. The minimum absolute atomic E-state index is 0.480. The molecule has 15 heavy (non-hydrogen) atoms. The lowest BCUT2D eigenvalue weighted by molar-refractivity contribution is -0.196. The first kappa shape index (κ1) is 13.3. The largest absolute Gasteiger partial charge is 0.349 e. The minimum Gasteiger partial charge on any atom is -0.349 e. The summed E-state index contributed by atoms with van der Waals surface area (Å²) in [4.78, 5) is 0. The van der Waals surface area contributed by atoms with Crippen LogP contribution in [0.4, 0.5) is 0 Å². The van der Waals surface area contributed by atoms with Crippen molar-refractivity contribution in [3.63, 3.8) is 0 Å². The Morgan fingerprint density at radius 1 is 1.20 bits per heavy atom. The van der Waals surface area contributed by atoms with E-state index in [4.69, 9.17) is 32.7 Å². The maximum absolute atomic E-state index is 5.93. The van der Waals surface area contributed by atoms with Gasteiger partial charge in [-0.05, 0) is 12.1 Å². The number of ether oxygens (including phenoxy) is 2. The lowest BCUT2D eigenvalue weighted by Gasteiger charge is -2.29. The van der Waals surface area contributed by atoms with E-state index in [-0.39, 0.29) is 0 Å². The molecule has 0 bridgehead atoms. The summed E-state index contributed by atoms with van der Waals surface area (Å²) in [7, 11) is 3.15. The molecule has 0 aliphatic rings. The van der Waals surface area contributed by atoms with E-state index >= 15 is 0 Å². The molecule has 0 fully saturated rings. The topological polar surface area (TPSA) is 18.5 Å². The molecule has 0 aromatic heterocycles. The molecule has 5 heteroatoms. The highest BCUT2D eigenvalue weighted by Gasteiger charge is 2.31. The number of rotatable bonds is 4. The van der Waals surface area contributed by atoms with E-state index in [1.807, 2.05) is 6.07 Å². The second-order valence-electron chi connectivity index (χ2n) is 2.92. The van der Waals surface area contributed by atoms with Gasteiger partial charge in [-0.2, -0.15) is 0 Å². The zero-order valence-corrected chi connectivity index (χ0v) is 11.5. The summed E-state index contributed by atoms with van der Waals surface area (Å²) in [5.41, 5.74) is 0.818. The number of methoxy groups -OCH3 is 2. The fourth-order valence-electron chi connectivity index (χ4n) is 1.24. The summed E-state index contributed by atoms with van der Waals surface area (Å²) < 4.78 is 10.7. The van der Waals surface area contributed by atoms with E-state index < -0.39 is 5.79 Å². The Morgan fingerprint density at radius 3 is 2.20 bits per heavy atom. The number of benzene rings is 1. The summed E-state index contributed by atoms with van der Waals surface area (Å²) in [5, 5.41) is 1.50. The first-order valence-corrected chi connectivity index (χ1v) is 6.09. The molecule has 0 aliphatic heterocycles. The van der Waals surface area contributed by atoms with Crippen molar-refractivity contribution in [2.75, 3.05) is 19.5 Å². The number of halogens is 3. The van der Waals surface area contributed by atoms with Gasteiger partial charge in [0.15, 0.2) is 0 Å². The van der Waals surface area contributed by atoms with Crippen molar-refractivity contribution in [2.45, 2.75) is 5.79 Å². The maximum Gasteiger partial charge on any atom is 0.204 e. The summed E-state index contributed by atoms with van der Waals surface area (Å²) in [6.45, 7) is 0. The Hall–Kier alpha value is 0.200. The highest BCUT2D eigenvalue weighted by Crippen LogP contribution is 2.32. The first-order chi connectivity index (χ1) is 7.09. The monoisotopic (exact) mass is 312 g/mol. The van der Waals surface area contributed by atoms with Crippen LogP contribution in [0, 0.1) is 0 Å². The second-order valence-corrected chi connectivity index (χ2v) is 4.30. The molecule has 0 atom stereocenters. The highest BCUT2D eigenvalue weighted by molar-refractivity contribution is 9.09. The van der Waals surface area contributed by atoms with E-state index in [2.05, 4.69) is 15.9 Å². The van der Waals surface area contributed by atoms with Gasteiger partial charge in [0, 0.05) is 19.8 Å². The third-order valence-electron chi connectivity index (χ3n) is 2.19. The quantitative estimate of drug-likeness (QED) is 0.621. The molecule has 0 heterocycles. The molecular formula is C10H11BrCl2O2. The molecule has 0 spiro atoms. The van der Waals surface area contributed by atoms with E-state index in [0.717, 1.165) is 5.56 Å². The average Bonchev–Trinajstić information content (AvgIpc) is 2.26. The van der Waals surface area contributed by atoms with Gasteiger partial charge in [-0.3, -0.25) is 0 Å². The molecule has 1 rings (SSSR count). The summed E-state index contributed by atoms with van der Waals surface area (Å²) >= 11 is 15.1. The van der Waals surface area contributed by atoms with Crippen LogP contribution in [-0.4, -0.2) is 19.5 Å². The van der Waals surface area contributed by atoms with Crippen molar-refractivity contribution >= 4 is 39.1 Å². The average molecular weight is 314 g/mol. The number of alkyl halides is 1.